The Kier molecular flexibility index (Phi) is 7.46. The summed E-state index contributed by atoms with van der Waals surface area (Å²) < 4.78 is 28.6. The first kappa shape index (κ1) is 24.9. The molecule has 174 valence electrons. The lowest BCUT2D eigenvalue weighted by molar-refractivity contribution is 0.00644. The molecule has 1 aliphatic carbocycles. The third-order valence-electron chi connectivity index (χ3n) is 5.85. The first-order valence-electron chi connectivity index (χ1n) is 10.6. The van der Waals surface area contributed by atoms with Crippen molar-refractivity contribution in [2.45, 2.75) is 63.3 Å². The molecule has 0 spiro atoms. The van der Waals surface area contributed by atoms with E-state index in [1.54, 1.807) is 20.8 Å². The molecule has 0 heterocycles. The van der Waals surface area contributed by atoms with Crippen LogP contribution in [0.4, 0.5) is 13.6 Å². The molecule has 2 atom stereocenters. The summed E-state index contributed by atoms with van der Waals surface area (Å²) in [5.41, 5.74) is 0.357. The summed E-state index contributed by atoms with van der Waals surface area (Å²) in [7, 11) is 0. The number of carboxylic acid groups (broad SMARTS) is 1. The van der Waals surface area contributed by atoms with Crippen LogP contribution < -0.4 is 5.32 Å². The Balaban J connectivity index is 1.84. The van der Waals surface area contributed by atoms with Crippen molar-refractivity contribution in [1.82, 2.24) is 10.2 Å². The van der Waals surface area contributed by atoms with E-state index in [0.717, 1.165) is 28.0 Å². The molecule has 2 aromatic rings. The highest BCUT2D eigenvalue weighted by Crippen LogP contribution is 2.45. The molecule has 0 unspecified atom stereocenters. The molecule has 1 amide bonds. The molecule has 0 aliphatic heterocycles. The topological polar surface area (TPSA) is 72.8 Å². The van der Waals surface area contributed by atoms with Gasteiger partial charge in [-0.1, -0.05) is 12.1 Å². The minimum atomic E-state index is -1.20. The molecule has 1 saturated carbocycles. The highest BCUT2D eigenvalue weighted by molar-refractivity contribution is 14.1. The number of carbonyl (C=O) groups is 1. The van der Waals surface area contributed by atoms with Crippen LogP contribution in [0, 0.1) is 15.2 Å². The van der Waals surface area contributed by atoms with Gasteiger partial charge in [-0.05, 0) is 98.0 Å². The molecule has 8 heteroatoms. The van der Waals surface area contributed by atoms with E-state index >= 15 is 0 Å². The van der Waals surface area contributed by atoms with Gasteiger partial charge in [0.15, 0.2) is 0 Å². The fraction of sp³-hybridized carbons (Fsp3) is 0.458. The molecule has 5 nitrogen and oxygen atoms in total. The summed E-state index contributed by atoms with van der Waals surface area (Å²) in [5, 5.41) is 24.5. The molecule has 0 saturated heterocycles. The number of hydrogen-bond acceptors (Lipinski definition) is 3. The van der Waals surface area contributed by atoms with E-state index in [9.17, 15) is 23.8 Å². The molecule has 2 aromatic carbocycles. The summed E-state index contributed by atoms with van der Waals surface area (Å²) >= 11 is 2.26. The van der Waals surface area contributed by atoms with Crippen molar-refractivity contribution in [1.29, 1.82) is 0 Å². The maximum absolute atomic E-state index is 13.8. The molecule has 3 rings (SSSR count). The largest absolute Gasteiger partial charge is 0.465 e. The normalized spacial score (nSPS) is 17.0. The van der Waals surface area contributed by atoms with Gasteiger partial charge in [0.25, 0.3) is 0 Å². The summed E-state index contributed by atoms with van der Waals surface area (Å²) in [4.78, 5) is 13.3. The maximum Gasteiger partial charge on any atom is 0.408 e. The first-order chi connectivity index (χ1) is 14.9. The minimum absolute atomic E-state index is 0.0165. The first-order valence-corrected chi connectivity index (χ1v) is 11.7. The van der Waals surface area contributed by atoms with Crippen molar-refractivity contribution in [2.75, 3.05) is 6.54 Å². The Bertz CT molecular complexity index is 956. The fourth-order valence-corrected chi connectivity index (χ4v) is 4.75. The number of benzene rings is 2. The Labute approximate surface area is 201 Å². The molecular weight excluding hydrogens is 529 g/mol. The van der Waals surface area contributed by atoms with Crippen LogP contribution in [0.25, 0.3) is 0 Å². The van der Waals surface area contributed by atoms with E-state index in [0.29, 0.717) is 5.56 Å². The van der Waals surface area contributed by atoms with Crippen LogP contribution in [0.3, 0.4) is 0 Å². The van der Waals surface area contributed by atoms with E-state index in [2.05, 4.69) is 34.0 Å². The second-order valence-corrected chi connectivity index (χ2v) is 10.7. The molecular formula is C24H29F2IN2O3. The summed E-state index contributed by atoms with van der Waals surface area (Å²) in [6.45, 7) is 5.34. The molecule has 0 aromatic heterocycles. The van der Waals surface area contributed by atoms with Gasteiger partial charge in [0.05, 0.1) is 12.1 Å². The van der Waals surface area contributed by atoms with Crippen LogP contribution in [-0.4, -0.2) is 45.4 Å². The zero-order valence-electron chi connectivity index (χ0n) is 18.4. The van der Waals surface area contributed by atoms with Crippen molar-refractivity contribution in [3.8, 4) is 0 Å². The number of halogens is 3. The second kappa shape index (κ2) is 9.61. The Morgan fingerprint density at radius 2 is 1.81 bits per heavy atom. The number of nitrogens with zero attached hydrogens (tertiary/aromatic N) is 1. The van der Waals surface area contributed by atoms with Gasteiger partial charge in [0, 0.05) is 27.3 Å². The number of amides is 1. The predicted octanol–water partition coefficient (Wildman–Crippen LogP) is 4.90. The van der Waals surface area contributed by atoms with E-state index in [-0.39, 0.29) is 18.5 Å². The quantitative estimate of drug-likeness (QED) is 0.404. The van der Waals surface area contributed by atoms with E-state index < -0.39 is 35.4 Å². The number of aliphatic hydroxyl groups is 1. The molecule has 1 aliphatic rings. The summed E-state index contributed by atoms with van der Waals surface area (Å²) in [6, 6.07) is 10.4. The number of nitrogens with one attached hydrogen (secondary N) is 1. The van der Waals surface area contributed by atoms with E-state index in [1.165, 1.54) is 17.0 Å². The van der Waals surface area contributed by atoms with Crippen LogP contribution in [-0.2, 0) is 12.0 Å². The van der Waals surface area contributed by atoms with Gasteiger partial charge in [0.1, 0.15) is 11.6 Å². The van der Waals surface area contributed by atoms with Crippen LogP contribution in [0.15, 0.2) is 42.5 Å². The van der Waals surface area contributed by atoms with Crippen molar-refractivity contribution in [2.24, 2.45) is 0 Å². The van der Waals surface area contributed by atoms with Gasteiger partial charge in [-0.3, -0.25) is 4.90 Å². The summed E-state index contributed by atoms with van der Waals surface area (Å²) in [6.07, 6.45) is -0.463. The van der Waals surface area contributed by atoms with Crippen LogP contribution >= 0.6 is 22.6 Å². The molecule has 1 fully saturated rings. The van der Waals surface area contributed by atoms with E-state index in [1.807, 2.05) is 18.2 Å². The van der Waals surface area contributed by atoms with E-state index in [4.69, 9.17) is 0 Å². The van der Waals surface area contributed by atoms with Gasteiger partial charge in [-0.2, -0.15) is 0 Å². The Hall–Kier alpha value is -1.78. The zero-order chi connectivity index (χ0) is 23.7. The standard InChI is InChI=1S/C24H29F2IN2O3/c1-23(2,3)29(22(31)32)20(11-15-9-17(25)13-18(26)10-15)21(30)14-28-24(7-8-24)16-5-4-6-19(27)12-16/h4-6,9-10,12-13,20-21,28,30H,7-8,11,14H2,1-3H3,(H,31,32)/t20-,21+/m0/s1. The molecule has 3 N–H and O–H groups in total. The maximum atomic E-state index is 13.8. The third kappa shape index (κ3) is 5.96. The second-order valence-electron chi connectivity index (χ2n) is 9.41. The average Bonchev–Trinajstić information content (AvgIpc) is 3.44. The third-order valence-corrected chi connectivity index (χ3v) is 6.52. The lowest BCUT2D eigenvalue weighted by Gasteiger charge is -2.42. The van der Waals surface area contributed by atoms with Gasteiger partial charge >= 0.3 is 6.09 Å². The number of rotatable bonds is 8. The predicted molar refractivity (Wildman–Crippen MR) is 128 cm³/mol. The van der Waals surface area contributed by atoms with Crippen molar-refractivity contribution in [3.63, 3.8) is 0 Å². The SMILES string of the molecule is CC(C)(C)N(C(=O)O)[C@@H](Cc1cc(F)cc(F)c1)[C@H](O)CNC1(c2cccc(I)c2)CC1. The van der Waals surface area contributed by atoms with Gasteiger partial charge in [0.2, 0.25) is 0 Å². The van der Waals surface area contributed by atoms with Gasteiger partial charge in [-0.15, -0.1) is 0 Å². The van der Waals surface area contributed by atoms with Crippen LogP contribution in [0.5, 0.6) is 0 Å². The zero-order valence-corrected chi connectivity index (χ0v) is 20.6. The van der Waals surface area contributed by atoms with Crippen molar-refractivity contribution < 1.29 is 23.8 Å². The molecule has 0 bridgehead atoms. The molecule has 0 radical (unpaired) electrons. The minimum Gasteiger partial charge on any atom is -0.465 e. The fourth-order valence-electron chi connectivity index (χ4n) is 4.21. The van der Waals surface area contributed by atoms with Gasteiger partial charge < -0.3 is 15.5 Å². The van der Waals surface area contributed by atoms with Crippen LogP contribution in [0.1, 0.15) is 44.7 Å². The van der Waals surface area contributed by atoms with Crippen molar-refractivity contribution >= 4 is 28.7 Å². The van der Waals surface area contributed by atoms with Crippen LogP contribution in [0.2, 0.25) is 0 Å². The monoisotopic (exact) mass is 558 g/mol. The van der Waals surface area contributed by atoms with Gasteiger partial charge in [-0.25, -0.2) is 13.6 Å². The number of aliphatic hydroxyl groups excluding tert-OH is 1. The number of hydrogen-bond donors (Lipinski definition) is 3. The smallest absolute Gasteiger partial charge is 0.408 e. The Morgan fingerprint density at radius 3 is 2.31 bits per heavy atom. The lowest BCUT2D eigenvalue weighted by atomic mass is 9.94. The highest BCUT2D eigenvalue weighted by atomic mass is 127. The summed E-state index contributed by atoms with van der Waals surface area (Å²) in [5.74, 6) is -1.47. The van der Waals surface area contributed by atoms with Crippen molar-refractivity contribution in [3.05, 3.63) is 68.8 Å². The average molecular weight is 558 g/mol. The highest BCUT2D eigenvalue weighted by Gasteiger charge is 2.45. The molecule has 32 heavy (non-hydrogen) atoms. The Morgan fingerprint density at radius 1 is 1.19 bits per heavy atom. The lowest BCUT2D eigenvalue weighted by Crippen LogP contribution is -2.58.